The third-order valence-corrected chi connectivity index (χ3v) is 5.66. The summed E-state index contributed by atoms with van der Waals surface area (Å²) < 4.78 is 49.7. The number of anilines is 2. The number of nitriles is 1. The van der Waals surface area contributed by atoms with Gasteiger partial charge in [-0.2, -0.15) is 18.4 Å². The molecular formula is C28H23ClF3N3O4. The van der Waals surface area contributed by atoms with Crippen LogP contribution in [0.2, 0.25) is 5.02 Å². The lowest BCUT2D eigenvalue weighted by molar-refractivity contribution is -0.137. The van der Waals surface area contributed by atoms with Crippen molar-refractivity contribution in [1.29, 1.82) is 5.26 Å². The minimum atomic E-state index is -4.59. The number of nitrogens with one attached hydrogen (secondary N) is 2. The Kier molecular flexibility index (Phi) is 9.22. The van der Waals surface area contributed by atoms with Crippen LogP contribution in [0.4, 0.5) is 24.5 Å². The molecule has 2 N–H and O–H groups in total. The molecule has 2 amide bonds. The molecule has 0 aliphatic heterocycles. The molecule has 0 heterocycles. The predicted octanol–water partition coefficient (Wildman–Crippen LogP) is 6.55. The summed E-state index contributed by atoms with van der Waals surface area (Å²) in [4.78, 5) is 25.0. The molecule has 0 fully saturated rings. The SMILES string of the molecule is COc1cc(/C=C(\C#N)C(=O)Nc2cccc(C(F)(F)F)c2)cc(Cl)c1OCC(=O)Nc1ccc(C)cc1C. The molecule has 0 atom stereocenters. The van der Waals surface area contributed by atoms with Crippen LogP contribution in [-0.4, -0.2) is 25.5 Å². The van der Waals surface area contributed by atoms with Gasteiger partial charge in [-0.3, -0.25) is 9.59 Å². The number of hydrogen-bond acceptors (Lipinski definition) is 5. The van der Waals surface area contributed by atoms with Crippen LogP contribution in [0.1, 0.15) is 22.3 Å². The van der Waals surface area contributed by atoms with Gasteiger partial charge in [0.1, 0.15) is 11.6 Å². The van der Waals surface area contributed by atoms with E-state index in [4.69, 9.17) is 21.1 Å². The zero-order valence-corrected chi connectivity index (χ0v) is 21.8. The van der Waals surface area contributed by atoms with E-state index in [1.165, 1.54) is 31.4 Å². The second-order valence-electron chi connectivity index (χ2n) is 8.39. The second-order valence-corrected chi connectivity index (χ2v) is 8.80. The Bertz CT molecular complexity index is 1480. The molecule has 11 heteroatoms. The summed E-state index contributed by atoms with van der Waals surface area (Å²) >= 11 is 6.34. The fraction of sp³-hybridized carbons (Fsp3) is 0.179. The molecule has 0 spiro atoms. The Balaban J connectivity index is 1.75. The van der Waals surface area contributed by atoms with Crippen molar-refractivity contribution in [3.05, 3.63) is 87.4 Å². The van der Waals surface area contributed by atoms with E-state index in [9.17, 15) is 28.0 Å². The van der Waals surface area contributed by atoms with E-state index >= 15 is 0 Å². The van der Waals surface area contributed by atoms with Crippen molar-refractivity contribution >= 4 is 40.9 Å². The van der Waals surface area contributed by atoms with E-state index in [1.807, 2.05) is 26.0 Å². The zero-order valence-electron chi connectivity index (χ0n) is 21.1. The van der Waals surface area contributed by atoms with Crippen molar-refractivity contribution < 1.29 is 32.2 Å². The van der Waals surface area contributed by atoms with Gasteiger partial charge in [-0.1, -0.05) is 35.4 Å². The number of aryl methyl sites for hydroxylation is 2. The number of hydrogen-bond donors (Lipinski definition) is 2. The quantitative estimate of drug-likeness (QED) is 0.242. The first-order valence-corrected chi connectivity index (χ1v) is 11.8. The number of rotatable bonds is 8. The smallest absolute Gasteiger partial charge is 0.416 e. The number of nitrogens with zero attached hydrogens (tertiary/aromatic N) is 1. The number of amides is 2. The number of ether oxygens (including phenoxy) is 2. The summed E-state index contributed by atoms with van der Waals surface area (Å²) in [7, 11) is 1.34. The highest BCUT2D eigenvalue weighted by Gasteiger charge is 2.30. The lowest BCUT2D eigenvalue weighted by atomic mass is 10.1. The summed E-state index contributed by atoms with van der Waals surface area (Å²) in [6.45, 7) is 3.43. The third-order valence-electron chi connectivity index (χ3n) is 5.38. The zero-order chi connectivity index (χ0) is 28.7. The van der Waals surface area contributed by atoms with Crippen LogP contribution in [0.15, 0.2) is 60.2 Å². The monoisotopic (exact) mass is 557 g/mol. The van der Waals surface area contributed by atoms with E-state index in [0.29, 0.717) is 5.69 Å². The summed E-state index contributed by atoms with van der Waals surface area (Å²) in [6.07, 6.45) is -3.40. The van der Waals surface area contributed by atoms with Gasteiger partial charge in [0.25, 0.3) is 11.8 Å². The van der Waals surface area contributed by atoms with E-state index < -0.39 is 29.1 Å². The summed E-state index contributed by atoms with van der Waals surface area (Å²) in [6, 6.07) is 14.1. The molecule has 3 rings (SSSR count). The van der Waals surface area contributed by atoms with Gasteiger partial charge in [-0.15, -0.1) is 0 Å². The summed E-state index contributed by atoms with van der Waals surface area (Å²) in [5, 5.41) is 14.5. The van der Waals surface area contributed by atoms with Gasteiger partial charge in [0, 0.05) is 11.4 Å². The molecule has 0 saturated heterocycles. The van der Waals surface area contributed by atoms with E-state index in [0.717, 1.165) is 29.3 Å². The maximum Gasteiger partial charge on any atom is 0.416 e. The first kappa shape index (κ1) is 29.1. The molecule has 3 aromatic carbocycles. The van der Waals surface area contributed by atoms with E-state index in [2.05, 4.69) is 10.6 Å². The Morgan fingerprint density at radius 2 is 1.82 bits per heavy atom. The topological polar surface area (TPSA) is 100 Å². The molecule has 39 heavy (non-hydrogen) atoms. The van der Waals surface area contributed by atoms with Gasteiger partial charge in [-0.05, 0) is 67.4 Å². The van der Waals surface area contributed by atoms with Crippen LogP contribution >= 0.6 is 11.6 Å². The molecule has 7 nitrogen and oxygen atoms in total. The molecular weight excluding hydrogens is 535 g/mol. The fourth-order valence-corrected chi connectivity index (χ4v) is 3.80. The summed E-state index contributed by atoms with van der Waals surface area (Å²) in [5.41, 5.74) is 1.39. The first-order valence-electron chi connectivity index (χ1n) is 11.4. The molecule has 0 aromatic heterocycles. The number of benzene rings is 3. The number of alkyl halides is 3. The van der Waals surface area contributed by atoms with Crippen LogP contribution in [0.3, 0.4) is 0 Å². The maximum absolute atomic E-state index is 13.0. The lowest BCUT2D eigenvalue weighted by Crippen LogP contribution is -2.21. The Hall–Kier alpha value is -4.49. The van der Waals surface area contributed by atoms with Gasteiger partial charge < -0.3 is 20.1 Å². The van der Waals surface area contributed by atoms with Gasteiger partial charge in [-0.25, -0.2) is 0 Å². The van der Waals surface area contributed by atoms with Crippen LogP contribution in [0.25, 0.3) is 6.08 Å². The predicted molar refractivity (Wildman–Crippen MR) is 142 cm³/mol. The van der Waals surface area contributed by atoms with Gasteiger partial charge >= 0.3 is 6.18 Å². The first-order chi connectivity index (χ1) is 18.4. The van der Waals surface area contributed by atoms with Crippen molar-refractivity contribution in [2.24, 2.45) is 0 Å². The number of carbonyl (C=O) groups excluding carboxylic acids is 2. The van der Waals surface area contributed by atoms with Crippen LogP contribution < -0.4 is 20.1 Å². The highest BCUT2D eigenvalue weighted by Crippen LogP contribution is 2.37. The molecule has 0 saturated carbocycles. The highest BCUT2D eigenvalue weighted by atomic mass is 35.5. The maximum atomic E-state index is 13.0. The highest BCUT2D eigenvalue weighted by molar-refractivity contribution is 6.32. The minimum Gasteiger partial charge on any atom is -0.493 e. The van der Waals surface area contributed by atoms with Crippen molar-refractivity contribution in [2.45, 2.75) is 20.0 Å². The third kappa shape index (κ3) is 7.75. The Morgan fingerprint density at radius 1 is 1.08 bits per heavy atom. The van der Waals surface area contributed by atoms with Gasteiger partial charge in [0.05, 0.1) is 17.7 Å². The van der Waals surface area contributed by atoms with Crippen molar-refractivity contribution in [3.8, 4) is 17.6 Å². The largest absolute Gasteiger partial charge is 0.493 e. The molecule has 202 valence electrons. The second kappa shape index (κ2) is 12.4. The van der Waals surface area contributed by atoms with Gasteiger partial charge in [0.2, 0.25) is 0 Å². The van der Waals surface area contributed by atoms with Crippen LogP contribution in [0, 0.1) is 25.2 Å². The van der Waals surface area contributed by atoms with E-state index in [1.54, 1.807) is 12.1 Å². The number of carbonyl (C=O) groups is 2. The summed E-state index contributed by atoms with van der Waals surface area (Å²) in [5.74, 6) is -1.15. The van der Waals surface area contributed by atoms with E-state index in [-0.39, 0.29) is 34.4 Å². The molecule has 0 radical (unpaired) electrons. The normalized spacial score (nSPS) is 11.4. The number of methoxy groups -OCH3 is 1. The van der Waals surface area contributed by atoms with Crippen LogP contribution in [-0.2, 0) is 15.8 Å². The average Bonchev–Trinajstić information content (AvgIpc) is 2.87. The number of halogens is 4. The average molecular weight is 558 g/mol. The van der Waals surface area contributed by atoms with Crippen molar-refractivity contribution in [1.82, 2.24) is 0 Å². The molecule has 0 aliphatic carbocycles. The Labute approximate surface area is 227 Å². The van der Waals surface area contributed by atoms with Crippen molar-refractivity contribution in [3.63, 3.8) is 0 Å². The molecule has 0 aliphatic rings. The standard InChI is InChI=1S/C28H23ClF3N3O4/c1-16-7-8-23(17(2)9-16)35-25(36)15-39-26-22(29)11-18(12-24(26)38-3)10-19(14-33)27(37)34-21-6-4-5-20(13-21)28(30,31)32/h4-13H,15H2,1-3H3,(H,34,37)(H,35,36)/b19-10+. The lowest BCUT2D eigenvalue weighted by Gasteiger charge is -2.14. The van der Waals surface area contributed by atoms with Crippen molar-refractivity contribution in [2.75, 3.05) is 24.4 Å². The van der Waals surface area contributed by atoms with Gasteiger partial charge in [0.15, 0.2) is 18.1 Å². The molecule has 0 unspecified atom stereocenters. The Morgan fingerprint density at radius 3 is 2.46 bits per heavy atom. The molecule has 3 aromatic rings. The minimum absolute atomic E-state index is 0.0375. The fourth-order valence-electron chi connectivity index (χ4n) is 3.53. The molecule has 0 bridgehead atoms. The van der Waals surface area contributed by atoms with Crippen LogP contribution in [0.5, 0.6) is 11.5 Å².